The molecule has 5 heteroatoms. The molecule has 1 unspecified atom stereocenters. The summed E-state index contributed by atoms with van der Waals surface area (Å²) in [5, 5.41) is 2.95. The fourth-order valence-electron chi connectivity index (χ4n) is 3.36. The number of nitrogens with one attached hydrogen (secondary N) is 1. The highest BCUT2D eigenvalue weighted by molar-refractivity contribution is 5.88. The molecule has 5 nitrogen and oxygen atoms in total. The third-order valence-electron chi connectivity index (χ3n) is 4.29. The average Bonchev–Trinajstić information content (AvgIpc) is 2.73. The normalized spacial score (nSPS) is 23.1. The zero-order chi connectivity index (χ0) is 16.0. The fraction of sp³-hybridized carbons (Fsp3) is 0.529. The standard InChI is InChI=1S/C17H22N2O3/c1-16(2,3)22-15(21)19-10-17(11-19)9-18-14(20)13(17)12-7-5-4-6-8-12/h4-8,13H,9-11H2,1-3H3,(H,18,20). The van der Waals surface area contributed by atoms with Crippen LogP contribution in [0.25, 0.3) is 0 Å². The lowest BCUT2D eigenvalue weighted by molar-refractivity contribution is -0.122. The van der Waals surface area contributed by atoms with Crippen LogP contribution in [0, 0.1) is 5.41 Å². The number of amides is 2. The van der Waals surface area contributed by atoms with Crippen molar-refractivity contribution in [3.8, 4) is 0 Å². The van der Waals surface area contributed by atoms with Crippen molar-refractivity contribution < 1.29 is 14.3 Å². The second kappa shape index (κ2) is 5.00. The number of rotatable bonds is 1. The van der Waals surface area contributed by atoms with E-state index in [4.69, 9.17) is 4.74 Å². The summed E-state index contributed by atoms with van der Waals surface area (Å²) < 4.78 is 5.39. The molecule has 1 N–H and O–H groups in total. The van der Waals surface area contributed by atoms with Crippen molar-refractivity contribution in [1.29, 1.82) is 0 Å². The van der Waals surface area contributed by atoms with Crippen molar-refractivity contribution >= 4 is 12.0 Å². The van der Waals surface area contributed by atoms with E-state index in [0.717, 1.165) is 5.56 Å². The lowest BCUT2D eigenvalue weighted by Gasteiger charge is -2.49. The van der Waals surface area contributed by atoms with Crippen LogP contribution in [-0.4, -0.2) is 42.1 Å². The summed E-state index contributed by atoms with van der Waals surface area (Å²) in [7, 11) is 0. The number of hydrogen-bond donors (Lipinski definition) is 1. The van der Waals surface area contributed by atoms with Crippen molar-refractivity contribution in [2.75, 3.05) is 19.6 Å². The maximum Gasteiger partial charge on any atom is 0.410 e. The number of carbonyl (C=O) groups excluding carboxylic acids is 2. The number of nitrogens with zero attached hydrogens (tertiary/aromatic N) is 1. The first kappa shape index (κ1) is 14.9. The van der Waals surface area contributed by atoms with E-state index in [1.807, 2.05) is 51.1 Å². The SMILES string of the molecule is CC(C)(C)OC(=O)N1CC2(CNC(=O)C2c2ccccc2)C1. The topological polar surface area (TPSA) is 58.6 Å². The quantitative estimate of drug-likeness (QED) is 0.864. The number of carbonyl (C=O) groups is 2. The largest absolute Gasteiger partial charge is 0.444 e. The molecule has 118 valence electrons. The van der Waals surface area contributed by atoms with Crippen LogP contribution < -0.4 is 5.32 Å². The molecule has 3 rings (SSSR count). The Morgan fingerprint density at radius 2 is 1.91 bits per heavy atom. The molecule has 2 amide bonds. The minimum absolute atomic E-state index is 0.0510. The molecule has 2 saturated heterocycles. The van der Waals surface area contributed by atoms with Crippen LogP contribution in [-0.2, 0) is 9.53 Å². The smallest absolute Gasteiger partial charge is 0.410 e. The molecule has 0 radical (unpaired) electrons. The third-order valence-corrected chi connectivity index (χ3v) is 4.29. The van der Waals surface area contributed by atoms with Crippen LogP contribution in [0.3, 0.4) is 0 Å². The molecule has 2 fully saturated rings. The van der Waals surface area contributed by atoms with Gasteiger partial charge in [0, 0.05) is 25.0 Å². The van der Waals surface area contributed by atoms with Gasteiger partial charge in [-0.05, 0) is 26.3 Å². The predicted molar refractivity (Wildman–Crippen MR) is 82.4 cm³/mol. The molecule has 0 aromatic heterocycles. The van der Waals surface area contributed by atoms with Crippen LogP contribution in [0.4, 0.5) is 4.79 Å². The van der Waals surface area contributed by atoms with Gasteiger partial charge in [-0.3, -0.25) is 4.79 Å². The van der Waals surface area contributed by atoms with E-state index >= 15 is 0 Å². The van der Waals surface area contributed by atoms with E-state index in [-0.39, 0.29) is 23.3 Å². The molecular formula is C17H22N2O3. The molecule has 0 saturated carbocycles. The van der Waals surface area contributed by atoms with E-state index in [0.29, 0.717) is 19.6 Å². The van der Waals surface area contributed by atoms with E-state index in [1.54, 1.807) is 4.90 Å². The lowest BCUT2D eigenvalue weighted by Crippen LogP contribution is -2.62. The van der Waals surface area contributed by atoms with E-state index in [1.165, 1.54) is 0 Å². The minimum atomic E-state index is -0.498. The molecule has 2 heterocycles. The van der Waals surface area contributed by atoms with E-state index < -0.39 is 5.60 Å². The van der Waals surface area contributed by atoms with Gasteiger partial charge in [-0.15, -0.1) is 0 Å². The summed E-state index contributed by atoms with van der Waals surface area (Å²) >= 11 is 0. The summed E-state index contributed by atoms with van der Waals surface area (Å²) in [5.74, 6) is -0.137. The number of benzene rings is 1. The summed E-state index contributed by atoms with van der Waals surface area (Å²) in [6.07, 6.45) is -0.302. The second-order valence-electron chi connectivity index (χ2n) is 7.26. The van der Waals surface area contributed by atoms with Gasteiger partial charge in [-0.1, -0.05) is 30.3 Å². The van der Waals surface area contributed by atoms with Gasteiger partial charge in [0.25, 0.3) is 0 Å². The van der Waals surface area contributed by atoms with Gasteiger partial charge in [0.2, 0.25) is 5.91 Å². The number of likely N-dealkylation sites (tertiary alicyclic amines) is 1. The minimum Gasteiger partial charge on any atom is -0.444 e. The van der Waals surface area contributed by atoms with Crippen LogP contribution >= 0.6 is 0 Å². The van der Waals surface area contributed by atoms with Crippen molar-refractivity contribution in [2.24, 2.45) is 5.41 Å². The van der Waals surface area contributed by atoms with Gasteiger partial charge in [0.1, 0.15) is 5.60 Å². The summed E-state index contributed by atoms with van der Waals surface area (Å²) in [4.78, 5) is 26.0. The number of ether oxygens (including phenoxy) is 1. The van der Waals surface area contributed by atoms with Crippen molar-refractivity contribution in [3.63, 3.8) is 0 Å². The fourth-order valence-corrected chi connectivity index (χ4v) is 3.36. The Morgan fingerprint density at radius 1 is 1.27 bits per heavy atom. The molecule has 0 bridgehead atoms. The highest BCUT2D eigenvalue weighted by atomic mass is 16.6. The molecule has 0 aliphatic carbocycles. The molecule has 1 aromatic carbocycles. The zero-order valence-corrected chi connectivity index (χ0v) is 13.3. The van der Waals surface area contributed by atoms with E-state index in [9.17, 15) is 9.59 Å². The van der Waals surface area contributed by atoms with Gasteiger partial charge in [0.05, 0.1) is 5.92 Å². The maximum atomic E-state index is 12.2. The predicted octanol–water partition coefficient (Wildman–Crippen LogP) is 2.14. The first-order valence-corrected chi connectivity index (χ1v) is 7.61. The van der Waals surface area contributed by atoms with Crippen LogP contribution in [0.15, 0.2) is 30.3 Å². The highest BCUT2D eigenvalue weighted by Crippen LogP contribution is 2.47. The molecule has 22 heavy (non-hydrogen) atoms. The van der Waals surface area contributed by atoms with Crippen molar-refractivity contribution in [1.82, 2.24) is 10.2 Å². The Morgan fingerprint density at radius 3 is 2.50 bits per heavy atom. The summed E-state index contributed by atoms with van der Waals surface area (Å²) in [6.45, 7) is 7.29. The van der Waals surface area contributed by atoms with Crippen molar-refractivity contribution in [2.45, 2.75) is 32.3 Å². The van der Waals surface area contributed by atoms with Crippen molar-refractivity contribution in [3.05, 3.63) is 35.9 Å². The Balaban J connectivity index is 1.73. The van der Waals surface area contributed by atoms with Gasteiger partial charge in [-0.2, -0.15) is 0 Å². The van der Waals surface area contributed by atoms with Gasteiger partial charge >= 0.3 is 6.09 Å². The molecule has 1 aromatic rings. The summed E-state index contributed by atoms with van der Waals surface area (Å²) in [5.41, 5.74) is 0.318. The first-order valence-electron chi connectivity index (χ1n) is 7.61. The van der Waals surface area contributed by atoms with E-state index in [2.05, 4.69) is 5.32 Å². The van der Waals surface area contributed by atoms with Gasteiger partial charge < -0.3 is 15.0 Å². The van der Waals surface area contributed by atoms with Crippen LogP contribution in [0.5, 0.6) is 0 Å². The molecular weight excluding hydrogens is 280 g/mol. The average molecular weight is 302 g/mol. The van der Waals surface area contributed by atoms with Crippen LogP contribution in [0.1, 0.15) is 32.3 Å². The molecule has 2 aliphatic rings. The van der Waals surface area contributed by atoms with Gasteiger partial charge in [-0.25, -0.2) is 4.79 Å². The Hall–Kier alpha value is -2.04. The Bertz CT molecular complexity index is 586. The molecule has 2 aliphatic heterocycles. The Labute approximate surface area is 130 Å². The number of hydrogen-bond acceptors (Lipinski definition) is 3. The molecule has 1 spiro atoms. The third kappa shape index (κ3) is 2.56. The first-order chi connectivity index (χ1) is 10.3. The molecule has 1 atom stereocenters. The lowest BCUT2D eigenvalue weighted by atomic mass is 9.69. The second-order valence-corrected chi connectivity index (χ2v) is 7.26. The monoisotopic (exact) mass is 302 g/mol. The zero-order valence-electron chi connectivity index (χ0n) is 13.3. The van der Waals surface area contributed by atoms with Gasteiger partial charge in [0.15, 0.2) is 0 Å². The summed E-state index contributed by atoms with van der Waals surface area (Å²) in [6, 6.07) is 9.79. The Kier molecular flexibility index (Phi) is 3.38. The van der Waals surface area contributed by atoms with Crippen LogP contribution in [0.2, 0.25) is 0 Å². The highest BCUT2D eigenvalue weighted by Gasteiger charge is 2.57. The maximum absolute atomic E-state index is 12.2.